The van der Waals surface area contributed by atoms with E-state index in [1.165, 1.54) is 16.7 Å². The van der Waals surface area contributed by atoms with Crippen molar-refractivity contribution in [2.45, 2.75) is 45.8 Å². The molecule has 0 aliphatic carbocycles. The lowest BCUT2D eigenvalue weighted by atomic mass is 10.1. The average molecular weight is 524 g/mol. The second-order valence-corrected chi connectivity index (χ2v) is 7.46. The molecule has 2 N–H and O–H groups in total. The average Bonchev–Trinajstić information content (AvgIpc) is 3.25. The van der Waals surface area contributed by atoms with Crippen LogP contribution in [0.5, 0.6) is 5.75 Å². The van der Waals surface area contributed by atoms with Crippen molar-refractivity contribution in [1.29, 1.82) is 0 Å². The van der Waals surface area contributed by atoms with Crippen molar-refractivity contribution in [3.8, 4) is 5.75 Å². The molecule has 0 bridgehead atoms. The number of nitrogens with zero attached hydrogens (tertiary/aromatic N) is 2. The molecule has 2 heterocycles. The highest BCUT2D eigenvalue weighted by atomic mass is 127. The zero-order chi connectivity index (χ0) is 20.5. The molecule has 1 aromatic heterocycles. The van der Waals surface area contributed by atoms with Gasteiger partial charge in [-0.3, -0.25) is 9.98 Å². The van der Waals surface area contributed by atoms with Crippen LogP contribution in [0, 0.1) is 13.8 Å². The Balaban J connectivity index is 0.00000320. The van der Waals surface area contributed by atoms with E-state index in [2.05, 4.69) is 58.7 Å². The zero-order valence-corrected chi connectivity index (χ0v) is 20.4. The molecule has 6 nitrogen and oxygen atoms in total. The summed E-state index contributed by atoms with van der Waals surface area (Å²) in [6.07, 6.45) is 7.07. The van der Waals surface area contributed by atoms with Crippen LogP contribution >= 0.6 is 24.0 Å². The van der Waals surface area contributed by atoms with Gasteiger partial charge in [-0.2, -0.15) is 0 Å². The molecular weight excluding hydrogens is 491 g/mol. The first-order chi connectivity index (χ1) is 14.2. The van der Waals surface area contributed by atoms with Crippen LogP contribution in [0.25, 0.3) is 0 Å². The minimum atomic E-state index is 0. The molecule has 1 atom stereocenters. The number of halogens is 1. The first-order valence-electron chi connectivity index (χ1n) is 10.3. The van der Waals surface area contributed by atoms with E-state index in [9.17, 15) is 0 Å². The fourth-order valence-corrected chi connectivity index (χ4v) is 3.40. The summed E-state index contributed by atoms with van der Waals surface area (Å²) < 4.78 is 11.8. The number of rotatable bonds is 8. The van der Waals surface area contributed by atoms with Gasteiger partial charge in [-0.05, 0) is 61.9 Å². The number of guanidine groups is 1. The molecule has 7 heteroatoms. The van der Waals surface area contributed by atoms with Crippen LogP contribution in [0.4, 0.5) is 0 Å². The van der Waals surface area contributed by atoms with E-state index in [-0.39, 0.29) is 30.1 Å². The van der Waals surface area contributed by atoms with Crippen molar-refractivity contribution in [2.24, 2.45) is 4.99 Å². The Morgan fingerprint density at radius 1 is 1.23 bits per heavy atom. The third-order valence-electron chi connectivity index (χ3n) is 5.16. The van der Waals surface area contributed by atoms with Gasteiger partial charge in [0.05, 0.1) is 6.10 Å². The molecule has 164 valence electrons. The van der Waals surface area contributed by atoms with Gasteiger partial charge in [0, 0.05) is 44.7 Å². The lowest BCUT2D eigenvalue weighted by Gasteiger charge is -2.17. The number of hydrogen-bond donors (Lipinski definition) is 2. The second kappa shape index (κ2) is 12.7. The Morgan fingerprint density at radius 3 is 2.83 bits per heavy atom. The SMILES string of the molecule is CN=C(NCCc1ccncc1C)NCc1ccc(C)cc1OCC1CCCO1.I. The highest BCUT2D eigenvalue weighted by molar-refractivity contribution is 14.0. The fourth-order valence-electron chi connectivity index (χ4n) is 3.40. The summed E-state index contributed by atoms with van der Waals surface area (Å²) >= 11 is 0. The van der Waals surface area contributed by atoms with E-state index < -0.39 is 0 Å². The maximum Gasteiger partial charge on any atom is 0.191 e. The molecule has 1 saturated heterocycles. The molecule has 1 aromatic carbocycles. The van der Waals surface area contributed by atoms with Gasteiger partial charge in [0.2, 0.25) is 0 Å². The molecule has 2 aromatic rings. The second-order valence-electron chi connectivity index (χ2n) is 7.46. The maximum atomic E-state index is 6.09. The maximum absolute atomic E-state index is 6.09. The van der Waals surface area contributed by atoms with Gasteiger partial charge in [0.15, 0.2) is 5.96 Å². The van der Waals surface area contributed by atoms with E-state index in [1.54, 1.807) is 7.05 Å². The summed E-state index contributed by atoms with van der Waals surface area (Å²) in [5, 5.41) is 6.77. The molecule has 0 saturated carbocycles. The number of hydrogen-bond acceptors (Lipinski definition) is 4. The first-order valence-corrected chi connectivity index (χ1v) is 10.3. The zero-order valence-electron chi connectivity index (χ0n) is 18.1. The van der Waals surface area contributed by atoms with Crippen molar-refractivity contribution in [2.75, 3.05) is 26.8 Å². The van der Waals surface area contributed by atoms with Crippen LogP contribution in [-0.2, 0) is 17.7 Å². The molecule has 30 heavy (non-hydrogen) atoms. The molecule has 0 radical (unpaired) electrons. The standard InChI is InChI=1S/C23H32N4O2.HI/c1-17-6-7-20(22(13-17)29-16-21-5-4-12-28-21)15-27-23(24-3)26-11-9-19-8-10-25-14-18(19)2;/h6-8,10,13-14,21H,4-5,9,11-12,15-16H2,1-3H3,(H2,24,26,27);1H. The Kier molecular flexibility index (Phi) is 10.4. The van der Waals surface area contributed by atoms with Crippen molar-refractivity contribution >= 4 is 29.9 Å². The predicted octanol–water partition coefficient (Wildman–Crippen LogP) is 3.78. The minimum Gasteiger partial charge on any atom is -0.491 e. The van der Waals surface area contributed by atoms with E-state index in [0.29, 0.717) is 13.2 Å². The molecule has 0 spiro atoms. The van der Waals surface area contributed by atoms with Crippen LogP contribution in [-0.4, -0.2) is 43.9 Å². The Morgan fingerprint density at radius 2 is 2.10 bits per heavy atom. The van der Waals surface area contributed by atoms with E-state index in [4.69, 9.17) is 9.47 Å². The number of pyridine rings is 1. The smallest absolute Gasteiger partial charge is 0.191 e. The summed E-state index contributed by atoms with van der Waals surface area (Å²) in [6, 6.07) is 8.38. The summed E-state index contributed by atoms with van der Waals surface area (Å²) in [6.45, 7) is 7.07. The molecular formula is C23H33IN4O2. The topological polar surface area (TPSA) is 67.8 Å². The molecule has 1 fully saturated rings. The third kappa shape index (κ3) is 7.43. The molecule has 1 unspecified atom stereocenters. The Bertz CT molecular complexity index is 823. The lowest BCUT2D eigenvalue weighted by Crippen LogP contribution is -2.38. The monoisotopic (exact) mass is 524 g/mol. The van der Waals surface area contributed by atoms with Gasteiger partial charge < -0.3 is 20.1 Å². The number of nitrogens with one attached hydrogen (secondary N) is 2. The highest BCUT2D eigenvalue weighted by Gasteiger charge is 2.17. The Labute approximate surface area is 196 Å². The molecule has 3 rings (SSSR count). The quantitative estimate of drug-likeness (QED) is 0.313. The first kappa shape index (κ1) is 24.4. The van der Waals surface area contributed by atoms with Crippen LogP contribution in [0.2, 0.25) is 0 Å². The van der Waals surface area contributed by atoms with Crippen LogP contribution < -0.4 is 15.4 Å². The largest absolute Gasteiger partial charge is 0.491 e. The van der Waals surface area contributed by atoms with E-state index in [0.717, 1.165) is 49.7 Å². The van der Waals surface area contributed by atoms with Crippen molar-refractivity contribution < 1.29 is 9.47 Å². The predicted molar refractivity (Wildman–Crippen MR) is 132 cm³/mol. The summed E-state index contributed by atoms with van der Waals surface area (Å²) in [5.74, 6) is 1.69. The van der Waals surface area contributed by atoms with Gasteiger partial charge in [-0.15, -0.1) is 24.0 Å². The van der Waals surface area contributed by atoms with Gasteiger partial charge in [0.25, 0.3) is 0 Å². The minimum absolute atomic E-state index is 0. The number of aliphatic imine (C=N–C) groups is 1. The lowest BCUT2D eigenvalue weighted by molar-refractivity contribution is 0.0676. The van der Waals surface area contributed by atoms with Crippen molar-refractivity contribution in [3.05, 3.63) is 58.9 Å². The number of aromatic nitrogens is 1. The van der Waals surface area contributed by atoms with Crippen LogP contribution in [0.1, 0.15) is 35.1 Å². The number of ether oxygens (including phenoxy) is 2. The number of aryl methyl sites for hydroxylation is 2. The summed E-state index contributed by atoms with van der Waals surface area (Å²) in [7, 11) is 1.79. The molecule has 1 aliphatic rings. The summed E-state index contributed by atoms with van der Waals surface area (Å²) in [5.41, 5.74) is 4.81. The van der Waals surface area contributed by atoms with E-state index >= 15 is 0 Å². The Hall–Kier alpha value is -1.87. The van der Waals surface area contributed by atoms with Crippen molar-refractivity contribution in [3.63, 3.8) is 0 Å². The summed E-state index contributed by atoms with van der Waals surface area (Å²) in [4.78, 5) is 8.48. The van der Waals surface area contributed by atoms with Gasteiger partial charge in [0.1, 0.15) is 12.4 Å². The third-order valence-corrected chi connectivity index (χ3v) is 5.16. The molecule has 0 amide bonds. The van der Waals surface area contributed by atoms with Gasteiger partial charge >= 0.3 is 0 Å². The van der Waals surface area contributed by atoms with Gasteiger partial charge in [-0.1, -0.05) is 12.1 Å². The number of benzene rings is 1. The van der Waals surface area contributed by atoms with Gasteiger partial charge in [-0.25, -0.2) is 0 Å². The van der Waals surface area contributed by atoms with E-state index in [1.807, 2.05) is 12.4 Å². The fraction of sp³-hybridized carbons (Fsp3) is 0.478. The highest BCUT2D eigenvalue weighted by Crippen LogP contribution is 2.22. The van der Waals surface area contributed by atoms with Crippen LogP contribution in [0.15, 0.2) is 41.7 Å². The van der Waals surface area contributed by atoms with Crippen LogP contribution in [0.3, 0.4) is 0 Å². The van der Waals surface area contributed by atoms with Crippen molar-refractivity contribution in [1.82, 2.24) is 15.6 Å². The normalized spacial score (nSPS) is 16.1. The molecule has 1 aliphatic heterocycles.